The van der Waals surface area contributed by atoms with Crippen molar-refractivity contribution in [3.8, 4) is 17.1 Å². The average Bonchev–Trinajstić information content (AvgIpc) is 2.63. The smallest absolute Gasteiger partial charge is 0.0942 e. The Morgan fingerprint density at radius 2 is 0.388 bits per heavy atom. The topological polar surface area (TPSA) is 14.8 Å². The first kappa shape index (κ1) is 62.8. The Kier molecular flexibility index (Phi) is 17.1. The predicted molar refractivity (Wildman–Crippen MR) is 392 cm³/mol. The van der Waals surface area contributed by atoms with E-state index in [1.54, 1.807) is 20.7 Å². The molecule has 0 radical (unpaired) electrons. The zero-order valence-electron chi connectivity index (χ0n) is 57.0. The van der Waals surface area contributed by atoms with E-state index in [0.29, 0.717) is 66.5 Å². The van der Waals surface area contributed by atoms with Gasteiger partial charge in [-0.25, -0.2) is 0 Å². The minimum atomic E-state index is -1.99. The largest absolute Gasteiger partial charge is 0.309 e. The molecule has 3 nitrogen and oxygen atoms in total. The summed E-state index contributed by atoms with van der Waals surface area (Å²) in [6.45, 7) is 60.4. The number of hydrogen-bond donors (Lipinski definition) is 0. The van der Waals surface area contributed by atoms with Crippen LogP contribution < -0.4 is 20.7 Å². The molecule has 10 rings (SSSR count). The van der Waals surface area contributed by atoms with Crippen molar-refractivity contribution >= 4 is 118 Å². The zero-order chi connectivity index (χ0) is 61.9. The van der Waals surface area contributed by atoms with Crippen LogP contribution in [0.2, 0.25) is 66.5 Å². The Balaban J connectivity index is 1.30. The summed E-state index contributed by atoms with van der Waals surface area (Å²) < 4.78 is 7.77. The van der Waals surface area contributed by atoms with Gasteiger partial charge < -0.3 is 13.7 Å². The van der Waals surface area contributed by atoms with Crippen LogP contribution in [0.25, 0.3) is 82.5 Å². The van der Waals surface area contributed by atoms with Gasteiger partial charge in [0.15, 0.2) is 0 Å². The summed E-state index contributed by atoms with van der Waals surface area (Å²) in [5.74, 6) is 0. The molecule has 0 spiro atoms. The second kappa shape index (κ2) is 23.1. The number of rotatable bonds is 19. The van der Waals surface area contributed by atoms with Crippen molar-refractivity contribution in [1.82, 2.24) is 13.7 Å². The van der Waals surface area contributed by atoms with E-state index in [1.807, 2.05) is 0 Å². The van der Waals surface area contributed by atoms with Crippen LogP contribution in [0.1, 0.15) is 166 Å². The summed E-state index contributed by atoms with van der Waals surface area (Å²) in [6.07, 6.45) is 0. The first-order valence-corrected chi connectivity index (χ1v) is 42.4. The minimum absolute atomic E-state index is 0.616. The quantitative estimate of drug-likeness (QED) is 0.0717. The van der Waals surface area contributed by atoms with Crippen LogP contribution in [0.3, 0.4) is 0 Å². The van der Waals surface area contributed by atoms with Crippen molar-refractivity contribution in [2.75, 3.05) is 0 Å². The molecular formula is C78H107N3Si4. The van der Waals surface area contributed by atoms with E-state index < -0.39 is 32.3 Å². The molecule has 10 aromatic rings. The lowest BCUT2D eigenvalue weighted by Gasteiger charge is -2.44. The van der Waals surface area contributed by atoms with Crippen LogP contribution in [-0.2, 0) is 0 Å². The van der Waals surface area contributed by atoms with Gasteiger partial charge in [-0.1, -0.05) is 254 Å². The lowest BCUT2D eigenvalue weighted by atomic mass is 10.1. The Bertz CT molecular complexity index is 3570. The molecule has 0 fully saturated rings. The highest BCUT2D eigenvalue weighted by Crippen LogP contribution is 2.48. The van der Waals surface area contributed by atoms with Crippen LogP contribution in [0.4, 0.5) is 0 Å². The number of hydrogen-bond acceptors (Lipinski definition) is 0. The highest BCUT2D eigenvalue weighted by molar-refractivity contribution is 6.97. The molecule has 3 aromatic heterocycles. The molecule has 0 saturated heterocycles. The molecule has 3 heterocycles. The van der Waals surface area contributed by atoms with Crippen LogP contribution in [0, 0.1) is 0 Å². The molecule has 0 aliphatic rings. The highest BCUT2D eigenvalue weighted by atomic mass is 28.3. The van der Waals surface area contributed by atoms with Gasteiger partial charge in [-0.15, -0.1) is 0 Å². The lowest BCUT2D eigenvalue weighted by Crippen LogP contribution is -2.55. The third kappa shape index (κ3) is 9.20. The molecule has 0 amide bonds. The van der Waals surface area contributed by atoms with E-state index in [2.05, 4.69) is 319 Å². The van der Waals surface area contributed by atoms with Crippen molar-refractivity contribution in [1.29, 1.82) is 0 Å². The summed E-state index contributed by atoms with van der Waals surface area (Å²) in [6, 6.07) is 57.0. The first-order valence-electron chi connectivity index (χ1n) is 33.4. The Morgan fingerprint density at radius 1 is 0.200 bits per heavy atom. The summed E-state index contributed by atoms with van der Waals surface area (Å²) in [7, 11) is -7.98. The van der Waals surface area contributed by atoms with E-state index in [1.165, 1.54) is 82.5 Å². The molecule has 0 atom stereocenters. The van der Waals surface area contributed by atoms with Gasteiger partial charge in [0.1, 0.15) is 0 Å². The normalized spacial score (nSPS) is 13.7. The molecule has 7 heteroatoms. The highest BCUT2D eigenvalue weighted by Gasteiger charge is 2.48. The maximum absolute atomic E-state index is 2.70. The molecule has 7 aromatic carbocycles. The SMILES string of the molecule is CC(C)[Si](c1ccc2c(c1)c1cc([Si](C(C)C)(C(C)C)C(C)C)ccc1n2-c1ccc2c(c1)c1cc(-n3c4ccc([Si](C(C)C)(C(C)C)C(C)C)cc4c4cc([Si](C(C)C)(C(C)C)C(C)C)ccc43)ccc1n2-c1ccccc1)(C(C)C)C(C)C. The van der Waals surface area contributed by atoms with Crippen molar-refractivity contribution < 1.29 is 0 Å². The fraction of sp³-hybridized carbons (Fsp3) is 0.462. The Morgan fingerprint density at radius 3 is 0.600 bits per heavy atom. The Hall–Kier alpha value is -5.19. The van der Waals surface area contributed by atoms with Gasteiger partial charge in [0.05, 0.1) is 65.4 Å². The fourth-order valence-corrected chi connectivity index (χ4v) is 47.9. The summed E-state index contributed by atoms with van der Waals surface area (Å²) in [5, 5.41) is 14.6. The van der Waals surface area contributed by atoms with Crippen molar-refractivity contribution in [3.05, 3.63) is 140 Å². The number of nitrogens with zero attached hydrogens (tertiary/aromatic N) is 3. The Labute approximate surface area is 518 Å². The van der Waals surface area contributed by atoms with E-state index in [-0.39, 0.29) is 0 Å². The summed E-state index contributed by atoms with van der Waals surface area (Å²) >= 11 is 0. The molecule has 85 heavy (non-hydrogen) atoms. The second-order valence-corrected chi connectivity index (χ2v) is 53.9. The van der Waals surface area contributed by atoms with Gasteiger partial charge in [-0.2, -0.15) is 0 Å². The lowest BCUT2D eigenvalue weighted by molar-refractivity contribution is 0.835. The van der Waals surface area contributed by atoms with E-state index in [0.717, 1.165) is 0 Å². The van der Waals surface area contributed by atoms with E-state index in [4.69, 9.17) is 0 Å². The fourth-order valence-electron chi connectivity index (χ4n) is 20.8. The maximum atomic E-state index is 2.70. The van der Waals surface area contributed by atoms with Gasteiger partial charge in [-0.3, -0.25) is 0 Å². The van der Waals surface area contributed by atoms with Crippen LogP contribution in [-0.4, -0.2) is 46.0 Å². The van der Waals surface area contributed by atoms with Crippen LogP contribution in [0.5, 0.6) is 0 Å². The summed E-state index contributed by atoms with van der Waals surface area (Å²) in [4.78, 5) is 0. The molecule has 0 aliphatic heterocycles. The van der Waals surface area contributed by atoms with Crippen LogP contribution in [0.15, 0.2) is 140 Å². The standard InChI is InChI=1S/C78H107N3Si4/c1-48(2)82(49(3)4,50(5)6)63-32-38-75-69(44-63)70-45-64(83(51(7)8,52(9)10)53(11)12)33-39-76(70)80(75)61-30-36-73-67(42-61)68-43-62(31-37-74(68)79(73)60-28-26-25-27-29-60)81-77-40-34-65(84(54(13)14,55(15)16)56(17)18)46-71(77)72-47-66(35-41-78(72)81)85(57(19)20,58(21)22)59(23)24/h25-59H,1-24H3. The number of aromatic nitrogens is 3. The second-order valence-electron chi connectivity index (χ2n) is 30.3. The molecule has 0 aliphatic carbocycles. The summed E-state index contributed by atoms with van der Waals surface area (Å²) in [5.41, 5.74) is 18.6. The average molecular weight is 1200 g/mol. The van der Waals surface area contributed by atoms with E-state index >= 15 is 0 Å². The van der Waals surface area contributed by atoms with Gasteiger partial charge in [0, 0.05) is 49.4 Å². The molecule has 0 saturated carbocycles. The van der Waals surface area contributed by atoms with Crippen molar-refractivity contribution in [3.63, 3.8) is 0 Å². The minimum Gasteiger partial charge on any atom is -0.309 e. The zero-order valence-corrected chi connectivity index (χ0v) is 61.0. The van der Waals surface area contributed by atoms with E-state index in [9.17, 15) is 0 Å². The molecule has 450 valence electrons. The van der Waals surface area contributed by atoms with Crippen LogP contribution >= 0.6 is 0 Å². The monoisotopic (exact) mass is 1200 g/mol. The van der Waals surface area contributed by atoms with Gasteiger partial charge >= 0.3 is 0 Å². The molecule has 0 unspecified atom stereocenters. The predicted octanol–water partition coefficient (Wildman–Crippen LogP) is 22.5. The van der Waals surface area contributed by atoms with Gasteiger partial charge in [-0.05, 0) is 139 Å². The third-order valence-corrected chi connectivity index (χ3v) is 51.4. The third-order valence-electron chi connectivity index (χ3n) is 23.3. The first-order chi connectivity index (χ1) is 40.1. The number of para-hydroxylation sites is 1. The molecule has 0 bridgehead atoms. The number of fused-ring (bicyclic) bond motifs is 9. The van der Waals surface area contributed by atoms with Crippen molar-refractivity contribution in [2.24, 2.45) is 0 Å². The van der Waals surface area contributed by atoms with Gasteiger partial charge in [0.25, 0.3) is 0 Å². The van der Waals surface area contributed by atoms with Gasteiger partial charge in [0.2, 0.25) is 0 Å². The molecule has 0 N–H and O–H groups in total. The van der Waals surface area contributed by atoms with Crippen molar-refractivity contribution in [2.45, 2.75) is 233 Å². The number of benzene rings is 7. The molecular weight excluding hydrogens is 1090 g/mol. The maximum Gasteiger partial charge on any atom is 0.0942 e.